The second kappa shape index (κ2) is 6.68. The maximum absolute atomic E-state index is 5.66. The lowest BCUT2D eigenvalue weighted by Crippen LogP contribution is -2.47. The van der Waals surface area contributed by atoms with Gasteiger partial charge in [-0.1, -0.05) is 13.8 Å². The maximum atomic E-state index is 5.66. The van der Waals surface area contributed by atoms with Gasteiger partial charge < -0.3 is 15.0 Å². The van der Waals surface area contributed by atoms with E-state index in [1.54, 1.807) is 11.3 Å². The van der Waals surface area contributed by atoms with Crippen LogP contribution in [0.5, 0.6) is 0 Å². The highest BCUT2D eigenvalue weighted by atomic mass is 32.1. The largest absolute Gasteiger partial charge is 0.375 e. The molecule has 5 heteroatoms. The van der Waals surface area contributed by atoms with E-state index in [0.29, 0.717) is 18.1 Å². The highest BCUT2D eigenvalue weighted by molar-refractivity contribution is 7.13. The van der Waals surface area contributed by atoms with Crippen LogP contribution in [0.25, 0.3) is 0 Å². The summed E-state index contributed by atoms with van der Waals surface area (Å²) in [6.45, 7) is 12.4. The van der Waals surface area contributed by atoms with E-state index >= 15 is 0 Å². The average Bonchev–Trinajstić information content (AvgIpc) is 2.80. The molecule has 0 bridgehead atoms. The van der Waals surface area contributed by atoms with Crippen LogP contribution in [0.4, 0.5) is 5.13 Å². The SMILES string of the molecule is CC(C)CNCc1csc(N2CC(C)OCC2C)n1. The summed E-state index contributed by atoms with van der Waals surface area (Å²) in [4.78, 5) is 7.11. The van der Waals surface area contributed by atoms with Gasteiger partial charge in [-0.2, -0.15) is 0 Å². The fraction of sp³-hybridized carbons (Fsp3) is 0.786. The Balaban J connectivity index is 1.92. The first kappa shape index (κ1) is 14.8. The van der Waals surface area contributed by atoms with Gasteiger partial charge in [0.05, 0.1) is 24.4 Å². The van der Waals surface area contributed by atoms with Crippen LogP contribution in [0.2, 0.25) is 0 Å². The standard InChI is InChI=1S/C14H25N3OS/c1-10(2)5-15-6-13-9-19-14(16-13)17-7-12(4)18-8-11(17)3/h9-12,15H,5-8H2,1-4H3. The first-order valence-electron chi connectivity index (χ1n) is 7.09. The molecule has 1 aliphatic heterocycles. The normalized spacial score (nSPS) is 24.2. The Morgan fingerprint density at radius 3 is 3.05 bits per heavy atom. The Labute approximate surface area is 120 Å². The first-order valence-corrected chi connectivity index (χ1v) is 7.97. The highest BCUT2D eigenvalue weighted by Crippen LogP contribution is 2.25. The molecule has 1 aromatic rings. The third-order valence-electron chi connectivity index (χ3n) is 3.25. The van der Waals surface area contributed by atoms with Gasteiger partial charge in [0.15, 0.2) is 5.13 Å². The molecule has 1 aliphatic rings. The van der Waals surface area contributed by atoms with E-state index in [0.717, 1.165) is 37.1 Å². The highest BCUT2D eigenvalue weighted by Gasteiger charge is 2.25. The second-order valence-corrected chi connectivity index (χ2v) is 6.63. The van der Waals surface area contributed by atoms with E-state index in [1.807, 2.05) is 0 Å². The zero-order chi connectivity index (χ0) is 13.8. The molecule has 0 radical (unpaired) electrons. The summed E-state index contributed by atoms with van der Waals surface area (Å²) in [6.07, 6.45) is 0.294. The second-order valence-electron chi connectivity index (χ2n) is 5.79. The van der Waals surface area contributed by atoms with Crippen molar-refractivity contribution >= 4 is 16.5 Å². The molecule has 0 aliphatic carbocycles. The number of rotatable bonds is 5. The van der Waals surface area contributed by atoms with Crippen molar-refractivity contribution in [2.75, 3.05) is 24.6 Å². The molecular formula is C14H25N3OS. The van der Waals surface area contributed by atoms with Crippen LogP contribution < -0.4 is 10.2 Å². The molecule has 19 heavy (non-hydrogen) atoms. The van der Waals surface area contributed by atoms with Gasteiger partial charge in [0.1, 0.15) is 0 Å². The Morgan fingerprint density at radius 1 is 1.53 bits per heavy atom. The number of morpholine rings is 1. The summed E-state index contributed by atoms with van der Waals surface area (Å²) in [5, 5.41) is 6.73. The van der Waals surface area contributed by atoms with E-state index < -0.39 is 0 Å². The predicted molar refractivity (Wildman–Crippen MR) is 80.9 cm³/mol. The molecule has 4 nitrogen and oxygen atoms in total. The summed E-state index contributed by atoms with van der Waals surface area (Å²) in [5.41, 5.74) is 1.15. The number of aromatic nitrogens is 1. The number of anilines is 1. The average molecular weight is 283 g/mol. The van der Waals surface area contributed by atoms with Gasteiger partial charge in [-0.05, 0) is 26.3 Å². The third kappa shape index (κ3) is 4.16. The molecule has 1 fully saturated rings. The van der Waals surface area contributed by atoms with Crippen molar-refractivity contribution in [2.24, 2.45) is 5.92 Å². The van der Waals surface area contributed by atoms with Gasteiger partial charge in [0.2, 0.25) is 0 Å². The van der Waals surface area contributed by atoms with E-state index in [9.17, 15) is 0 Å². The van der Waals surface area contributed by atoms with Crippen molar-refractivity contribution in [3.05, 3.63) is 11.1 Å². The van der Waals surface area contributed by atoms with Gasteiger partial charge in [-0.25, -0.2) is 4.98 Å². The molecule has 0 amide bonds. The molecule has 2 rings (SSSR count). The summed E-state index contributed by atoms with van der Waals surface area (Å²) < 4.78 is 5.66. The van der Waals surface area contributed by atoms with Crippen LogP contribution in [0, 0.1) is 5.92 Å². The first-order chi connectivity index (χ1) is 9.06. The number of hydrogen-bond acceptors (Lipinski definition) is 5. The lowest BCUT2D eigenvalue weighted by atomic mass is 10.2. The van der Waals surface area contributed by atoms with Gasteiger partial charge in [-0.3, -0.25) is 0 Å². The summed E-state index contributed by atoms with van der Waals surface area (Å²) >= 11 is 1.74. The lowest BCUT2D eigenvalue weighted by molar-refractivity contribution is 0.0343. The minimum absolute atomic E-state index is 0.294. The van der Waals surface area contributed by atoms with Crippen molar-refractivity contribution in [3.63, 3.8) is 0 Å². The van der Waals surface area contributed by atoms with E-state index in [4.69, 9.17) is 9.72 Å². The third-order valence-corrected chi connectivity index (χ3v) is 4.18. The van der Waals surface area contributed by atoms with Crippen molar-refractivity contribution in [1.82, 2.24) is 10.3 Å². The molecule has 1 saturated heterocycles. The molecule has 0 spiro atoms. The molecular weight excluding hydrogens is 258 g/mol. The monoisotopic (exact) mass is 283 g/mol. The summed E-state index contributed by atoms with van der Waals surface area (Å²) in [6, 6.07) is 0.416. The van der Waals surface area contributed by atoms with Crippen LogP contribution in [-0.4, -0.2) is 36.8 Å². The Morgan fingerprint density at radius 2 is 2.32 bits per heavy atom. The topological polar surface area (TPSA) is 37.4 Å². The number of nitrogens with one attached hydrogen (secondary N) is 1. The molecule has 108 valence electrons. The van der Waals surface area contributed by atoms with Crippen LogP contribution in [-0.2, 0) is 11.3 Å². The van der Waals surface area contributed by atoms with Crippen LogP contribution in [0.1, 0.15) is 33.4 Å². The van der Waals surface area contributed by atoms with Crippen molar-refractivity contribution < 1.29 is 4.74 Å². The Bertz CT molecular complexity index is 394. The van der Waals surface area contributed by atoms with Gasteiger partial charge >= 0.3 is 0 Å². The van der Waals surface area contributed by atoms with Gasteiger partial charge in [0.25, 0.3) is 0 Å². The molecule has 2 unspecified atom stereocenters. The lowest BCUT2D eigenvalue weighted by Gasteiger charge is -2.36. The van der Waals surface area contributed by atoms with Crippen molar-refractivity contribution in [3.8, 4) is 0 Å². The van der Waals surface area contributed by atoms with E-state index in [-0.39, 0.29) is 0 Å². The summed E-state index contributed by atoms with van der Waals surface area (Å²) in [5.74, 6) is 0.679. The van der Waals surface area contributed by atoms with Crippen molar-refractivity contribution in [2.45, 2.75) is 46.4 Å². The fourth-order valence-electron chi connectivity index (χ4n) is 2.17. The zero-order valence-electron chi connectivity index (χ0n) is 12.3. The number of nitrogens with zero attached hydrogens (tertiary/aromatic N) is 2. The van der Waals surface area contributed by atoms with Crippen LogP contribution in [0.3, 0.4) is 0 Å². The minimum Gasteiger partial charge on any atom is -0.375 e. The number of ether oxygens (including phenoxy) is 1. The molecule has 0 aromatic carbocycles. The van der Waals surface area contributed by atoms with E-state index in [1.165, 1.54) is 0 Å². The van der Waals surface area contributed by atoms with Crippen molar-refractivity contribution in [1.29, 1.82) is 0 Å². The van der Waals surface area contributed by atoms with Gasteiger partial charge in [0, 0.05) is 18.5 Å². The van der Waals surface area contributed by atoms with Gasteiger partial charge in [-0.15, -0.1) is 11.3 Å². The molecule has 1 N–H and O–H groups in total. The smallest absolute Gasteiger partial charge is 0.185 e. The fourth-order valence-corrected chi connectivity index (χ4v) is 3.11. The molecule has 2 atom stereocenters. The number of hydrogen-bond donors (Lipinski definition) is 1. The zero-order valence-corrected chi connectivity index (χ0v) is 13.2. The maximum Gasteiger partial charge on any atom is 0.185 e. The Hall–Kier alpha value is -0.650. The molecule has 0 saturated carbocycles. The van der Waals surface area contributed by atoms with Crippen LogP contribution in [0.15, 0.2) is 5.38 Å². The summed E-state index contributed by atoms with van der Waals surface area (Å²) in [7, 11) is 0. The molecule has 1 aromatic heterocycles. The quantitative estimate of drug-likeness (QED) is 0.901. The van der Waals surface area contributed by atoms with Crippen LogP contribution >= 0.6 is 11.3 Å². The predicted octanol–water partition coefficient (Wildman–Crippen LogP) is 2.50. The van der Waals surface area contributed by atoms with E-state index in [2.05, 4.69) is 43.3 Å². The minimum atomic E-state index is 0.294. The number of thiazole rings is 1. The Kier molecular flexibility index (Phi) is 5.19. The molecule has 2 heterocycles.